The first-order valence-electron chi connectivity index (χ1n) is 9.10. The minimum Gasteiger partial charge on any atom is -0.340 e. The number of para-hydroxylation sites is 1. The number of nitrogens with one attached hydrogen (secondary N) is 1. The summed E-state index contributed by atoms with van der Waals surface area (Å²) in [6.07, 6.45) is 3.64. The van der Waals surface area contributed by atoms with E-state index in [1.165, 1.54) is 33.8 Å². The molecule has 1 fully saturated rings. The largest absolute Gasteiger partial charge is 0.340 e. The third kappa shape index (κ3) is 2.64. The van der Waals surface area contributed by atoms with Gasteiger partial charge in [0, 0.05) is 17.6 Å². The normalized spacial score (nSPS) is 24.4. The average Bonchev–Trinajstić information content (AvgIpc) is 3.33. The van der Waals surface area contributed by atoms with Gasteiger partial charge in [0.15, 0.2) is 5.50 Å². The molecular weight excluding hydrogens is 326 g/mol. The minimum absolute atomic E-state index is 0.356. The molecule has 5 rings (SSSR count). The van der Waals surface area contributed by atoms with Crippen LogP contribution in [-0.4, -0.2) is 30.0 Å². The van der Waals surface area contributed by atoms with Crippen LogP contribution < -0.4 is 10.2 Å². The van der Waals surface area contributed by atoms with Crippen LogP contribution in [-0.2, 0) is 0 Å². The summed E-state index contributed by atoms with van der Waals surface area (Å²) in [4.78, 5) is 6.46. The molecule has 3 nitrogen and oxygen atoms in total. The van der Waals surface area contributed by atoms with Crippen molar-refractivity contribution < 1.29 is 0 Å². The molecule has 0 spiro atoms. The first-order valence-corrected chi connectivity index (χ1v) is 9.98. The Morgan fingerprint density at radius 2 is 1.96 bits per heavy atom. The Balaban J connectivity index is 1.52. The molecule has 3 aliphatic rings. The van der Waals surface area contributed by atoms with Gasteiger partial charge in [-0.1, -0.05) is 53.7 Å². The lowest BCUT2D eigenvalue weighted by Gasteiger charge is -2.31. The number of hydrogen-bond donors (Lipinski definition) is 1. The lowest BCUT2D eigenvalue weighted by molar-refractivity contribution is 0.336. The first kappa shape index (κ1) is 15.4. The number of benzene rings is 2. The van der Waals surface area contributed by atoms with Crippen molar-refractivity contribution in [3.05, 3.63) is 65.9 Å². The van der Waals surface area contributed by atoms with Crippen molar-refractivity contribution in [1.82, 2.24) is 10.2 Å². The number of nitrogens with zero attached hydrogens (tertiary/aromatic N) is 2. The maximum Gasteiger partial charge on any atom is 0.159 e. The standard InChI is InChI=1S/C21H23N3S/c1-15-6-8-17(9-7-15)19-14-24-18-4-2-3-5-20(18)25-21(24)23(19)13-16-10-11-22-12-16/h2-9,14,16,21-22H,10-13H2,1H3/t16?,21-/m1/s1. The molecule has 1 N–H and O–H groups in total. The van der Waals surface area contributed by atoms with Gasteiger partial charge in [0.1, 0.15) is 0 Å². The quantitative estimate of drug-likeness (QED) is 0.898. The fourth-order valence-corrected chi connectivity index (χ4v) is 5.33. The van der Waals surface area contributed by atoms with E-state index in [0.29, 0.717) is 5.50 Å². The van der Waals surface area contributed by atoms with Crippen LogP contribution in [0.5, 0.6) is 0 Å². The van der Waals surface area contributed by atoms with Crippen LogP contribution in [0.15, 0.2) is 59.6 Å². The van der Waals surface area contributed by atoms with Gasteiger partial charge in [-0.05, 0) is 50.0 Å². The second-order valence-corrected chi connectivity index (χ2v) is 8.31. The summed E-state index contributed by atoms with van der Waals surface area (Å²) in [5.74, 6) is 0.734. The highest BCUT2D eigenvalue weighted by molar-refractivity contribution is 8.00. The van der Waals surface area contributed by atoms with E-state index in [1.54, 1.807) is 0 Å². The third-order valence-corrected chi connectivity index (χ3v) is 6.71. The molecule has 2 aromatic carbocycles. The number of hydrogen-bond acceptors (Lipinski definition) is 4. The molecule has 4 heteroatoms. The zero-order chi connectivity index (χ0) is 16.8. The molecule has 0 aromatic heterocycles. The van der Waals surface area contributed by atoms with E-state index in [0.717, 1.165) is 25.6 Å². The van der Waals surface area contributed by atoms with Crippen molar-refractivity contribution >= 4 is 23.1 Å². The van der Waals surface area contributed by atoms with Crippen molar-refractivity contribution in [3.63, 3.8) is 0 Å². The Morgan fingerprint density at radius 1 is 1.12 bits per heavy atom. The topological polar surface area (TPSA) is 18.5 Å². The molecule has 0 amide bonds. The molecule has 1 unspecified atom stereocenters. The van der Waals surface area contributed by atoms with E-state index in [-0.39, 0.29) is 0 Å². The van der Waals surface area contributed by atoms with Gasteiger partial charge in [0.2, 0.25) is 0 Å². The lowest BCUT2D eigenvalue weighted by Crippen LogP contribution is -2.37. The van der Waals surface area contributed by atoms with Crippen LogP contribution in [0.4, 0.5) is 5.69 Å². The maximum absolute atomic E-state index is 3.52. The molecular formula is C21H23N3S. The molecule has 128 valence electrons. The van der Waals surface area contributed by atoms with Gasteiger partial charge in [0.25, 0.3) is 0 Å². The van der Waals surface area contributed by atoms with Gasteiger partial charge in [-0.25, -0.2) is 0 Å². The molecule has 1 saturated heterocycles. The molecule has 2 atom stereocenters. The molecule has 0 aliphatic carbocycles. The Kier molecular flexibility index (Phi) is 3.75. The Bertz CT molecular complexity index is 808. The maximum atomic E-state index is 3.52. The van der Waals surface area contributed by atoms with Gasteiger partial charge in [-0.3, -0.25) is 0 Å². The summed E-state index contributed by atoms with van der Waals surface area (Å²) in [5.41, 5.74) is 5.69. The van der Waals surface area contributed by atoms with Gasteiger partial charge >= 0.3 is 0 Å². The summed E-state index contributed by atoms with van der Waals surface area (Å²) < 4.78 is 0. The fraction of sp³-hybridized carbons (Fsp3) is 0.333. The van der Waals surface area contributed by atoms with Crippen LogP contribution in [0.3, 0.4) is 0 Å². The molecule has 3 aliphatic heterocycles. The molecule has 25 heavy (non-hydrogen) atoms. The van der Waals surface area contributed by atoms with E-state index < -0.39 is 0 Å². The molecule has 0 radical (unpaired) electrons. The summed E-state index contributed by atoms with van der Waals surface area (Å²) in [6, 6.07) is 17.7. The monoisotopic (exact) mass is 349 g/mol. The predicted octanol–water partition coefficient (Wildman–Crippen LogP) is 4.11. The average molecular weight is 350 g/mol. The van der Waals surface area contributed by atoms with E-state index >= 15 is 0 Å². The Hall–Kier alpha value is -1.91. The van der Waals surface area contributed by atoms with Gasteiger partial charge < -0.3 is 15.1 Å². The highest BCUT2D eigenvalue weighted by Crippen LogP contribution is 2.50. The number of rotatable bonds is 3. The van der Waals surface area contributed by atoms with Crippen molar-refractivity contribution in [1.29, 1.82) is 0 Å². The zero-order valence-electron chi connectivity index (χ0n) is 14.5. The van der Waals surface area contributed by atoms with Crippen molar-refractivity contribution in [2.45, 2.75) is 23.7 Å². The summed E-state index contributed by atoms with van der Waals surface area (Å²) >= 11 is 1.98. The van der Waals surface area contributed by atoms with Crippen molar-refractivity contribution in [2.24, 2.45) is 5.92 Å². The molecule has 0 saturated carbocycles. The van der Waals surface area contributed by atoms with E-state index in [2.05, 4.69) is 76.8 Å². The van der Waals surface area contributed by atoms with Gasteiger partial charge in [-0.15, -0.1) is 0 Å². The van der Waals surface area contributed by atoms with E-state index in [9.17, 15) is 0 Å². The zero-order valence-corrected chi connectivity index (χ0v) is 15.3. The second kappa shape index (κ2) is 6.11. The lowest BCUT2D eigenvalue weighted by atomic mass is 10.1. The van der Waals surface area contributed by atoms with Crippen LogP contribution in [0.2, 0.25) is 0 Å². The van der Waals surface area contributed by atoms with E-state index in [1.807, 2.05) is 11.8 Å². The van der Waals surface area contributed by atoms with E-state index in [4.69, 9.17) is 0 Å². The summed E-state index contributed by atoms with van der Waals surface area (Å²) in [6.45, 7) is 5.57. The number of aryl methyl sites for hydroxylation is 1. The van der Waals surface area contributed by atoms with Gasteiger partial charge in [-0.2, -0.15) is 0 Å². The van der Waals surface area contributed by atoms with Crippen LogP contribution in [0.25, 0.3) is 5.70 Å². The molecule has 0 bridgehead atoms. The molecule has 2 aromatic rings. The highest BCUT2D eigenvalue weighted by Gasteiger charge is 2.40. The number of anilines is 1. The predicted molar refractivity (Wildman–Crippen MR) is 105 cm³/mol. The second-order valence-electron chi connectivity index (χ2n) is 7.21. The van der Waals surface area contributed by atoms with Gasteiger partial charge in [0.05, 0.1) is 11.4 Å². The minimum atomic E-state index is 0.356. The fourth-order valence-electron chi connectivity index (χ4n) is 4.03. The number of fused-ring (bicyclic) bond motifs is 3. The highest BCUT2D eigenvalue weighted by atomic mass is 32.2. The van der Waals surface area contributed by atoms with Crippen molar-refractivity contribution in [2.75, 3.05) is 24.5 Å². The number of thioether (sulfide) groups is 1. The SMILES string of the molecule is Cc1ccc(C2=CN3c4ccccc4S[C@@H]3N2CC2CCNC2)cc1. The Morgan fingerprint density at radius 3 is 2.76 bits per heavy atom. The van der Waals surface area contributed by atoms with Crippen LogP contribution >= 0.6 is 11.8 Å². The van der Waals surface area contributed by atoms with Crippen LogP contribution in [0.1, 0.15) is 17.5 Å². The summed E-state index contributed by atoms with van der Waals surface area (Å²) in [7, 11) is 0. The molecule has 3 heterocycles. The Labute approximate surface area is 153 Å². The third-order valence-electron chi connectivity index (χ3n) is 5.42. The first-order chi connectivity index (χ1) is 12.3. The smallest absolute Gasteiger partial charge is 0.159 e. The van der Waals surface area contributed by atoms with Crippen molar-refractivity contribution in [3.8, 4) is 0 Å². The van der Waals surface area contributed by atoms with Crippen LogP contribution in [0, 0.1) is 12.8 Å². The summed E-state index contributed by atoms with van der Waals surface area (Å²) in [5, 5.41) is 3.52.